The standard InChI is InChI=1S/C26H22F2N6O3.2ClH/c27-18-8-16-22(34(15-2-3-15)11-17(23(16)35)25(36)37)21(28)20(18)13-1-4-19-12(7-13)5-6-33(19)10-14-9-31-26(30)32-24(14)29;;/h1,4,7-9,11,15H,2-3,5-6,10H2,(H,36,37)(H4,29,30,31,32);2*1H. The van der Waals surface area contributed by atoms with Crippen molar-refractivity contribution in [1.29, 1.82) is 0 Å². The van der Waals surface area contributed by atoms with E-state index in [0.717, 1.165) is 35.7 Å². The van der Waals surface area contributed by atoms with Gasteiger partial charge in [-0.1, -0.05) is 6.07 Å². The molecule has 0 unspecified atom stereocenters. The maximum absolute atomic E-state index is 16.0. The van der Waals surface area contributed by atoms with Crippen LogP contribution in [0.3, 0.4) is 0 Å². The van der Waals surface area contributed by atoms with Crippen LogP contribution >= 0.6 is 24.8 Å². The first kappa shape index (κ1) is 28.1. The summed E-state index contributed by atoms with van der Waals surface area (Å²) in [6, 6.07) is 6.00. The van der Waals surface area contributed by atoms with E-state index in [-0.39, 0.29) is 53.3 Å². The zero-order chi connectivity index (χ0) is 26.0. The average molecular weight is 577 g/mol. The molecule has 13 heteroatoms. The molecule has 0 radical (unpaired) electrons. The summed E-state index contributed by atoms with van der Waals surface area (Å²) in [4.78, 5) is 34.4. The number of carboxylic acids is 1. The molecule has 2 aliphatic rings. The minimum Gasteiger partial charge on any atom is -0.477 e. The van der Waals surface area contributed by atoms with E-state index in [1.165, 1.54) is 10.8 Å². The minimum absolute atomic E-state index is 0. The van der Waals surface area contributed by atoms with Crippen LogP contribution in [-0.2, 0) is 13.0 Å². The first-order chi connectivity index (χ1) is 17.7. The molecule has 0 spiro atoms. The van der Waals surface area contributed by atoms with Crippen LogP contribution < -0.4 is 21.8 Å². The van der Waals surface area contributed by atoms with E-state index in [2.05, 4.69) is 14.9 Å². The van der Waals surface area contributed by atoms with E-state index in [4.69, 9.17) is 11.5 Å². The highest BCUT2D eigenvalue weighted by molar-refractivity contribution is 5.94. The van der Waals surface area contributed by atoms with Crippen molar-refractivity contribution in [3.63, 3.8) is 0 Å². The highest BCUT2D eigenvalue weighted by Gasteiger charge is 2.30. The van der Waals surface area contributed by atoms with Gasteiger partial charge in [0.05, 0.1) is 16.5 Å². The van der Waals surface area contributed by atoms with E-state index in [1.807, 2.05) is 0 Å². The number of nitrogens with two attached hydrogens (primary N) is 2. The van der Waals surface area contributed by atoms with E-state index in [0.29, 0.717) is 30.9 Å². The molecule has 6 rings (SSSR count). The van der Waals surface area contributed by atoms with Crippen LogP contribution in [0.5, 0.6) is 0 Å². The van der Waals surface area contributed by atoms with Gasteiger partial charge in [-0.25, -0.2) is 18.6 Å². The Kier molecular flexibility index (Phi) is 7.42. The molecule has 5 N–H and O–H groups in total. The van der Waals surface area contributed by atoms with Crippen molar-refractivity contribution < 1.29 is 18.7 Å². The Balaban J connectivity index is 0.00000176. The minimum atomic E-state index is -1.43. The zero-order valence-electron chi connectivity index (χ0n) is 20.4. The Bertz CT molecular complexity index is 1690. The lowest BCUT2D eigenvalue weighted by Gasteiger charge is -2.20. The summed E-state index contributed by atoms with van der Waals surface area (Å²) >= 11 is 0. The zero-order valence-corrected chi connectivity index (χ0v) is 22.0. The van der Waals surface area contributed by atoms with Gasteiger partial charge in [-0.15, -0.1) is 24.8 Å². The summed E-state index contributed by atoms with van der Waals surface area (Å²) in [6.07, 6.45) is 4.86. The Morgan fingerprint density at radius 3 is 2.56 bits per heavy atom. The summed E-state index contributed by atoms with van der Waals surface area (Å²) in [7, 11) is 0. The maximum atomic E-state index is 16.0. The maximum Gasteiger partial charge on any atom is 0.341 e. The van der Waals surface area contributed by atoms with Gasteiger partial charge in [0.25, 0.3) is 0 Å². The van der Waals surface area contributed by atoms with Gasteiger partial charge < -0.3 is 26.0 Å². The van der Waals surface area contributed by atoms with Gasteiger partial charge in [0, 0.05) is 42.8 Å². The molecule has 2 aromatic carbocycles. The fourth-order valence-corrected chi connectivity index (χ4v) is 5.05. The fourth-order valence-electron chi connectivity index (χ4n) is 5.05. The number of carboxylic acid groups (broad SMARTS) is 1. The molecule has 0 saturated heterocycles. The monoisotopic (exact) mass is 576 g/mol. The van der Waals surface area contributed by atoms with Crippen molar-refractivity contribution >= 4 is 59.1 Å². The summed E-state index contributed by atoms with van der Waals surface area (Å²) in [5.41, 5.74) is 12.7. The van der Waals surface area contributed by atoms with Gasteiger partial charge >= 0.3 is 5.97 Å². The van der Waals surface area contributed by atoms with Gasteiger partial charge in [0.2, 0.25) is 11.4 Å². The number of halogens is 4. The number of aromatic carboxylic acids is 1. The Hall–Kier alpha value is -3.96. The van der Waals surface area contributed by atoms with Crippen LogP contribution in [0.25, 0.3) is 22.0 Å². The molecule has 0 amide bonds. The molecular formula is C26H24Cl2F2N6O3. The number of rotatable bonds is 5. The number of aromatic nitrogens is 3. The van der Waals surface area contributed by atoms with Crippen LogP contribution in [0.1, 0.15) is 40.4 Å². The molecule has 4 aromatic rings. The first-order valence-electron chi connectivity index (χ1n) is 11.8. The lowest BCUT2D eigenvalue weighted by molar-refractivity contribution is 0.0694. The summed E-state index contributed by atoms with van der Waals surface area (Å²) in [5, 5.41) is 9.15. The number of benzene rings is 2. The van der Waals surface area contributed by atoms with Crippen LogP contribution in [-0.4, -0.2) is 32.2 Å². The Labute approximate surface area is 233 Å². The third-order valence-corrected chi connectivity index (χ3v) is 7.02. The quantitative estimate of drug-likeness (QED) is 0.318. The predicted molar refractivity (Wildman–Crippen MR) is 149 cm³/mol. The van der Waals surface area contributed by atoms with E-state index < -0.39 is 28.6 Å². The third-order valence-electron chi connectivity index (χ3n) is 7.02. The number of anilines is 3. The van der Waals surface area contributed by atoms with Crippen LogP contribution in [0.2, 0.25) is 0 Å². The van der Waals surface area contributed by atoms with Crippen LogP contribution in [0, 0.1) is 11.6 Å². The van der Waals surface area contributed by atoms with E-state index in [1.54, 1.807) is 24.4 Å². The summed E-state index contributed by atoms with van der Waals surface area (Å²) in [6.45, 7) is 1.13. The number of carbonyl (C=O) groups is 1. The van der Waals surface area contributed by atoms with Gasteiger partial charge in [-0.3, -0.25) is 4.79 Å². The van der Waals surface area contributed by atoms with Gasteiger partial charge in [-0.05, 0) is 48.6 Å². The molecule has 1 aliphatic carbocycles. The number of pyridine rings is 1. The molecule has 2 aromatic heterocycles. The molecule has 0 bridgehead atoms. The Morgan fingerprint density at radius 2 is 1.90 bits per heavy atom. The average Bonchev–Trinajstić information content (AvgIpc) is 3.62. The highest BCUT2D eigenvalue weighted by atomic mass is 35.5. The summed E-state index contributed by atoms with van der Waals surface area (Å²) < 4.78 is 32.8. The lowest BCUT2D eigenvalue weighted by atomic mass is 9.98. The molecule has 204 valence electrons. The Morgan fingerprint density at radius 1 is 1.15 bits per heavy atom. The molecule has 9 nitrogen and oxygen atoms in total. The van der Waals surface area contributed by atoms with Crippen molar-refractivity contribution in [2.75, 3.05) is 22.9 Å². The molecular weight excluding hydrogens is 553 g/mol. The van der Waals surface area contributed by atoms with Gasteiger partial charge in [-0.2, -0.15) is 4.98 Å². The number of fused-ring (bicyclic) bond motifs is 2. The van der Waals surface area contributed by atoms with Crippen molar-refractivity contribution in [2.24, 2.45) is 0 Å². The topological polar surface area (TPSA) is 140 Å². The normalized spacial score (nSPS) is 14.1. The SMILES string of the molecule is Cl.Cl.Nc1ncc(CN2CCc3cc(-c4c(F)cc5c(=O)c(C(=O)O)cn(C6CC6)c5c4F)ccc32)c(N)n1. The third kappa shape index (κ3) is 4.72. The second kappa shape index (κ2) is 10.3. The number of hydrogen-bond acceptors (Lipinski definition) is 7. The first-order valence-corrected chi connectivity index (χ1v) is 11.8. The number of nitrogen functional groups attached to an aromatic ring is 2. The van der Waals surface area contributed by atoms with Crippen molar-refractivity contribution in [2.45, 2.75) is 31.8 Å². The highest BCUT2D eigenvalue weighted by Crippen LogP contribution is 2.41. The largest absolute Gasteiger partial charge is 0.477 e. The van der Waals surface area contributed by atoms with Gasteiger partial charge in [0.15, 0.2) is 5.82 Å². The predicted octanol–water partition coefficient (Wildman–Crippen LogP) is 4.34. The van der Waals surface area contributed by atoms with E-state index in [9.17, 15) is 14.7 Å². The second-order valence-electron chi connectivity index (χ2n) is 9.41. The van der Waals surface area contributed by atoms with E-state index >= 15 is 8.78 Å². The molecule has 39 heavy (non-hydrogen) atoms. The molecule has 1 fully saturated rings. The molecule has 0 atom stereocenters. The molecule has 3 heterocycles. The van der Waals surface area contributed by atoms with Crippen LogP contribution in [0.4, 0.5) is 26.2 Å². The fraction of sp³-hybridized carbons (Fsp3) is 0.231. The van der Waals surface area contributed by atoms with Crippen molar-refractivity contribution in [1.82, 2.24) is 14.5 Å². The summed E-state index contributed by atoms with van der Waals surface area (Å²) in [5.74, 6) is -2.84. The van der Waals surface area contributed by atoms with Crippen molar-refractivity contribution in [3.8, 4) is 11.1 Å². The van der Waals surface area contributed by atoms with Gasteiger partial charge in [0.1, 0.15) is 17.2 Å². The second-order valence-corrected chi connectivity index (χ2v) is 9.41. The van der Waals surface area contributed by atoms with Crippen LogP contribution in [0.15, 0.2) is 41.5 Å². The van der Waals surface area contributed by atoms with Crippen molar-refractivity contribution in [3.05, 3.63) is 75.2 Å². The lowest BCUT2D eigenvalue weighted by Crippen LogP contribution is -2.21. The number of nitrogens with zero attached hydrogens (tertiary/aromatic N) is 4. The molecule has 1 saturated carbocycles. The molecule has 1 aliphatic heterocycles. The number of hydrogen-bond donors (Lipinski definition) is 3. The smallest absolute Gasteiger partial charge is 0.341 e.